The summed E-state index contributed by atoms with van der Waals surface area (Å²) in [5.74, 6) is 1.96. The summed E-state index contributed by atoms with van der Waals surface area (Å²) in [5.41, 5.74) is 2.33. The van der Waals surface area contributed by atoms with E-state index in [1.807, 2.05) is 36.4 Å². The van der Waals surface area contributed by atoms with E-state index in [0.29, 0.717) is 0 Å². The smallest absolute Gasteiger partial charge is 0.134 e. The van der Waals surface area contributed by atoms with Crippen LogP contribution in [0.4, 0.5) is 5.69 Å². The number of piperazine rings is 1. The summed E-state index contributed by atoms with van der Waals surface area (Å²) in [7, 11) is 0. The summed E-state index contributed by atoms with van der Waals surface area (Å²) in [6, 6.07) is 22.5. The van der Waals surface area contributed by atoms with E-state index in [2.05, 4.69) is 40.1 Å². The van der Waals surface area contributed by atoms with Gasteiger partial charge in [-0.15, -0.1) is 0 Å². The lowest BCUT2D eigenvalue weighted by atomic mass is 10.2. The van der Waals surface area contributed by atoms with Gasteiger partial charge in [-0.25, -0.2) is 0 Å². The van der Waals surface area contributed by atoms with Crippen LogP contribution in [0.3, 0.4) is 0 Å². The zero-order valence-electron chi connectivity index (χ0n) is 14.1. The third kappa shape index (κ3) is 3.89. The Morgan fingerprint density at radius 2 is 1.64 bits per heavy atom. The van der Waals surface area contributed by atoms with E-state index in [1.165, 1.54) is 5.69 Å². The van der Waals surface area contributed by atoms with Gasteiger partial charge in [0.05, 0.1) is 6.54 Å². The number of rotatable bonds is 4. The number of hydrogen-bond donors (Lipinski definition) is 0. The molecule has 3 aromatic rings. The normalized spacial score (nSPS) is 15.5. The topological polar surface area (TPSA) is 19.6 Å². The lowest BCUT2D eigenvalue weighted by molar-refractivity contribution is 0.231. The van der Waals surface area contributed by atoms with E-state index in [4.69, 9.17) is 16.0 Å². The van der Waals surface area contributed by atoms with Gasteiger partial charge in [0.1, 0.15) is 11.5 Å². The molecule has 25 heavy (non-hydrogen) atoms. The highest BCUT2D eigenvalue weighted by Crippen LogP contribution is 2.24. The maximum absolute atomic E-state index is 6.10. The van der Waals surface area contributed by atoms with Gasteiger partial charge in [0, 0.05) is 42.5 Å². The van der Waals surface area contributed by atoms with Crippen molar-refractivity contribution in [2.24, 2.45) is 0 Å². The van der Waals surface area contributed by atoms with Crippen LogP contribution < -0.4 is 4.90 Å². The Labute approximate surface area is 153 Å². The summed E-state index contributed by atoms with van der Waals surface area (Å²) < 4.78 is 6.03. The second kappa shape index (κ2) is 7.34. The minimum atomic E-state index is 0.795. The fourth-order valence-corrected chi connectivity index (χ4v) is 3.46. The molecule has 4 heteroatoms. The van der Waals surface area contributed by atoms with Crippen molar-refractivity contribution >= 4 is 17.3 Å². The first-order valence-corrected chi connectivity index (χ1v) is 9.03. The Morgan fingerprint density at radius 3 is 2.40 bits per heavy atom. The molecule has 4 rings (SSSR count). The first-order chi connectivity index (χ1) is 12.3. The molecule has 1 aliphatic heterocycles. The highest BCUT2D eigenvalue weighted by molar-refractivity contribution is 6.30. The molecule has 1 fully saturated rings. The Kier molecular flexibility index (Phi) is 4.77. The van der Waals surface area contributed by atoms with Crippen molar-refractivity contribution in [3.05, 3.63) is 77.5 Å². The van der Waals surface area contributed by atoms with E-state index in [-0.39, 0.29) is 0 Å². The molecule has 128 valence electrons. The Morgan fingerprint density at radius 1 is 0.840 bits per heavy atom. The number of halogens is 1. The second-order valence-electron chi connectivity index (χ2n) is 6.38. The predicted octanol–water partition coefficient (Wildman–Crippen LogP) is 4.92. The molecule has 3 nitrogen and oxygen atoms in total. The summed E-state index contributed by atoms with van der Waals surface area (Å²) in [6.45, 7) is 4.91. The van der Waals surface area contributed by atoms with E-state index < -0.39 is 0 Å². The molecule has 1 aromatic heterocycles. The van der Waals surface area contributed by atoms with Crippen molar-refractivity contribution in [1.82, 2.24) is 4.90 Å². The van der Waals surface area contributed by atoms with E-state index >= 15 is 0 Å². The zero-order valence-corrected chi connectivity index (χ0v) is 14.8. The van der Waals surface area contributed by atoms with Gasteiger partial charge in [-0.3, -0.25) is 4.90 Å². The van der Waals surface area contributed by atoms with Crippen LogP contribution in [0.1, 0.15) is 5.76 Å². The quantitative estimate of drug-likeness (QED) is 0.664. The number of furan rings is 1. The number of anilines is 1. The fourth-order valence-electron chi connectivity index (χ4n) is 3.28. The molecule has 0 amide bonds. The maximum atomic E-state index is 6.10. The Balaban J connectivity index is 1.35. The molecule has 0 radical (unpaired) electrons. The van der Waals surface area contributed by atoms with Crippen molar-refractivity contribution in [3.63, 3.8) is 0 Å². The zero-order chi connectivity index (χ0) is 17.1. The number of nitrogens with zero attached hydrogens (tertiary/aromatic N) is 2. The van der Waals surface area contributed by atoms with Gasteiger partial charge in [0.25, 0.3) is 0 Å². The van der Waals surface area contributed by atoms with E-state index in [0.717, 1.165) is 54.8 Å². The maximum Gasteiger partial charge on any atom is 0.134 e. The SMILES string of the molecule is Clc1cccc(N2CCN(Cc3ccc(-c4ccccc4)o3)CC2)c1. The molecule has 0 aliphatic carbocycles. The molecule has 2 aromatic carbocycles. The first kappa shape index (κ1) is 16.2. The molecular weight excluding hydrogens is 332 g/mol. The molecule has 0 spiro atoms. The van der Waals surface area contributed by atoms with Crippen LogP contribution in [0.2, 0.25) is 5.02 Å². The summed E-state index contributed by atoms with van der Waals surface area (Å²) in [5, 5.41) is 0.795. The van der Waals surface area contributed by atoms with Gasteiger partial charge in [0.2, 0.25) is 0 Å². The standard InChI is InChI=1S/C21H21ClN2O/c22-18-7-4-8-19(15-18)24-13-11-23(12-14-24)16-20-9-10-21(25-20)17-5-2-1-3-6-17/h1-10,15H,11-14,16H2. The summed E-state index contributed by atoms with van der Waals surface area (Å²) in [6.07, 6.45) is 0. The average Bonchev–Trinajstić information content (AvgIpc) is 3.12. The predicted molar refractivity (Wildman–Crippen MR) is 103 cm³/mol. The highest BCUT2D eigenvalue weighted by Gasteiger charge is 2.18. The van der Waals surface area contributed by atoms with Crippen molar-refractivity contribution in [3.8, 4) is 11.3 Å². The van der Waals surface area contributed by atoms with Crippen molar-refractivity contribution in [2.45, 2.75) is 6.54 Å². The Hall–Kier alpha value is -2.23. The Bertz CT molecular complexity index is 823. The minimum Gasteiger partial charge on any atom is -0.460 e. The lowest BCUT2D eigenvalue weighted by Gasteiger charge is -2.35. The minimum absolute atomic E-state index is 0.795. The van der Waals surface area contributed by atoms with Crippen LogP contribution in [-0.2, 0) is 6.54 Å². The van der Waals surface area contributed by atoms with Crippen LogP contribution in [0.5, 0.6) is 0 Å². The number of hydrogen-bond acceptors (Lipinski definition) is 3. The number of benzene rings is 2. The third-order valence-corrected chi connectivity index (χ3v) is 4.88. The molecular formula is C21H21ClN2O. The third-order valence-electron chi connectivity index (χ3n) is 4.65. The van der Waals surface area contributed by atoms with Gasteiger partial charge < -0.3 is 9.32 Å². The van der Waals surface area contributed by atoms with Gasteiger partial charge in [0.15, 0.2) is 0 Å². The van der Waals surface area contributed by atoms with Crippen LogP contribution in [0, 0.1) is 0 Å². The van der Waals surface area contributed by atoms with Crippen LogP contribution in [0.15, 0.2) is 71.1 Å². The molecule has 2 heterocycles. The van der Waals surface area contributed by atoms with Crippen molar-refractivity contribution in [1.29, 1.82) is 0 Å². The molecule has 1 aliphatic rings. The first-order valence-electron chi connectivity index (χ1n) is 8.65. The van der Waals surface area contributed by atoms with Crippen LogP contribution in [-0.4, -0.2) is 31.1 Å². The molecule has 0 unspecified atom stereocenters. The molecule has 0 saturated carbocycles. The summed E-state index contributed by atoms with van der Waals surface area (Å²) in [4.78, 5) is 4.83. The largest absolute Gasteiger partial charge is 0.460 e. The van der Waals surface area contributed by atoms with Crippen LogP contribution in [0.25, 0.3) is 11.3 Å². The molecule has 0 N–H and O–H groups in total. The van der Waals surface area contributed by atoms with E-state index in [9.17, 15) is 0 Å². The average molecular weight is 353 g/mol. The van der Waals surface area contributed by atoms with Crippen LogP contribution >= 0.6 is 11.6 Å². The summed E-state index contributed by atoms with van der Waals surface area (Å²) >= 11 is 6.10. The van der Waals surface area contributed by atoms with Gasteiger partial charge in [-0.1, -0.05) is 48.0 Å². The van der Waals surface area contributed by atoms with Crippen molar-refractivity contribution in [2.75, 3.05) is 31.1 Å². The second-order valence-corrected chi connectivity index (χ2v) is 6.81. The van der Waals surface area contributed by atoms with Gasteiger partial charge in [-0.05, 0) is 30.3 Å². The molecule has 1 saturated heterocycles. The van der Waals surface area contributed by atoms with Gasteiger partial charge in [-0.2, -0.15) is 0 Å². The molecule has 0 atom stereocenters. The molecule has 0 bridgehead atoms. The fraction of sp³-hybridized carbons (Fsp3) is 0.238. The van der Waals surface area contributed by atoms with Gasteiger partial charge >= 0.3 is 0 Å². The highest BCUT2D eigenvalue weighted by atomic mass is 35.5. The monoisotopic (exact) mass is 352 g/mol. The van der Waals surface area contributed by atoms with Crippen molar-refractivity contribution < 1.29 is 4.42 Å². The lowest BCUT2D eigenvalue weighted by Crippen LogP contribution is -2.45. The van der Waals surface area contributed by atoms with E-state index in [1.54, 1.807) is 0 Å².